The maximum Gasteiger partial charge on any atom is 0.271 e. The molecule has 21 heavy (non-hydrogen) atoms. The first kappa shape index (κ1) is 13.6. The molecule has 7 heteroatoms. The molecule has 0 fully saturated rings. The number of nitro benzene ring substituents is 1. The van der Waals surface area contributed by atoms with Gasteiger partial charge in [0, 0.05) is 29.5 Å². The smallest absolute Gasteiger partial charge is 0.271 e. The first-order valence-corrected chi connectivity index (χ1v) is 7.43. The Hall–Kier alpha value is -2.41. The van der Waals surface area contributed by atoms with Crippen LogP contribution in [0.4, 0.5) is 11.6 Å². The summed E-state index contributed by atoms with van der Waals surface area (Å²) in [6.07, 6.45) is 0.912. The normalized spacial score (nSPS) is 12.4. The van der Waals surface area contributed by atoms with Gasteiger partial charge in [0.25, 0.3) is 5.69 Å². The number of non-ortho nitro benzene ring substituents is 1. The summed E-state index contributed by atoms with van der Waals surface area (Å²) in [6, 6.07) is 8.97. The molecule has 108 valence electrons. The predicted octanol–water partition coefficient (Wildman–Crippen LogP) is 3.58. The summed E-state index contributed by atoms with van der Waals surface area (Å²) in [4.78, 5) is 19.1. The quantitative estimate of drug-likeness (QED) is 0.557. The van der Waals surface area contributed by atoms with Gasteiger partial charge in [0.1, 0.15) is 0 Å². The average molecular weight is 302 g/mol. The number of aromatic amines is 1. The van der Waals surface area contributed by atoms with E-state index in [4.69, 9.17) is 0 Å². The van der Waals surface area contributed by atoms with Gasteiger partial charge in [-0.05, 0) is 24.4 Å². The highest BCUT2D eigenvalue weighted by Gasteiger charge is 2.11. The molecule has 2 heterocycles. The fourth-order valence-corrected chi connectivity index (χ4v) is 3.03. The molecule has 1 atom stereocenters. The molecule has 2 N–H and O–H groups in total. The fraction of sp³-hybridized carbons (Fsp3) is 0.214. The minimum absolute atomic E-state index is 0.0596. The summed E-state index contributed by atoms with van der Waals surface area (Å²) in [5, 5.41) is 16.1. The lowest BCUT2D eigenvalue weighted by Crippen LogP contribution is -2.18. The highest BCUT2D eigenvalue weighted by Crippen LogP contribution is 2.21. The average Bonchev–Trinajstić information content (AvgIpc) is 3.05. The van der Waals surface area contributed by atoms with Gasteiger partial charge in [0.2, 0.25) is 5.95 Å². The van der Waals surface area contributed by atoms with E-state index < -0.39 is 4.92 Å². The number of aromatic nitrogens is 2. The molecule has 3 aromatic rings. The van der Waals surface area contributed by atoms with E-state index in [1.165, 1.54) is 17.0 Å². The van der Waals surface area contributed by atoms with Crippen LogP contribution in [0.5, 0.6) is 0 Å². The highest BCUT2D eigenvalue weighted by atomic mass is 32.1. The molecule has 3 rings (SSSR count). The van der Waals surface area contributed by atoms with Gasteiger partial charge in [-0.2, -0.15) is 0 Å². The number of hydrogen-bond donors (Lipinski definition) is 2. The molecule has 1 aromatic carbocycles. The maximum atomic E-state index is 10.8. The lowest BCUT2D eigenvalue weighted by molar-refractivity contribution is -0.384. The molecule has 0 aliphatic heterocycles. The van der Waals surface area contributed by atoms with E-state index in [1.807, 2.05) is 6.07 Å². The molecular weight excluding hydrogens is 288 g/mol. The standard InChI is InChI=1S/C14H14N4O2S/c1-9(7-11-3-2-6-21-11)15-14-16-12-5-4-10(18(19)20)8-13(12)17-14/h2-6,8-9H,7H2,1H3,(H2,15,16,17). The van der Waals surface area contributed by atoms with Crippen molar-refractivity contribution in [2.24, 2.45) is 0 Å². The van der Waals surface area contributed by atoms with Crippen LogP contribution in [-0.2, 0) is 6.42 Å². The van der Waals surface area contributed by atoms with Crippen molar-refractivity contribution in [3.63, 3.8) is 0 Å². The molecule has 0 saturated heterocycles. The Morgan fingerprint density at radius 1 is 1.48 bits per heavy atom. The third kappa shape index (κ3) is 3.03. The van der Waals surface area contributed by atoms with Gasteiger partial charge in [0.15, 0.2) is 0 Å². The summed E-state index contributed by atoms with van der Waals surface area (Å²) in [5.74, 6) is 0.634. The number of anilines is 1. The Balaban J connectivity index is 1.76. The number of nitro groups is 1. The van der Waals surface area contributed by atoms with Crippen LogP contribution in [0.1, 0.15) is 11.8 Å². The number of H-pyrrole nitrogens is 1. The summed E-state index contributed by atoms with van der Waals surface area (Å²) in [5.41, 5.74) is 1.44. The number of nitrogens with one attached hydrogen (secondary N) is 2. The van der Waals surface area contributed by atoms with Gasteiger partial charge in [-0.15, -0.1) is 11.3 Å². The van der Waals surface area contributed by atoms with E-state index in [-0.39, 0.29) is 11.7 Å². The molecule has 6 nitrogen and oxygen atoms in total. The lowest BCUT2D eigenvalue weighted by atomic mass is 10.2. The van der Waals surface area contributed by atoms with Crippen molar-refractivity contribution >= 4 is 34.0 Å². The third-order valence-electron chi connectivity index (χ3n) is 3.15. The van der Waals surface area contributed by atoms with Crippen molar-refractivity contribution in [3.8, 4) is 0 Å². The molecule has 0 amide bonds. The van der Waals surface area contributed by atoms with Crippen LogP contribution in [0.25, 0.3) is 11.0 Å². The number of benzene rings is 1. The van der Waals surface area contributed by atoms with Crippen LogP contribution in [-0.4, -0.2) is 20.9 Å². The Bertz CT molecular complexity index is 766. The predicted molar refractivity (Wildman–Crippen MR) is 83.9 cm³/mol. The molecule has 0 spiro atoms. The maximum absolute atomic E-state index is 10.8. The van der Waals surface area contributed by atoms with Gasteiger partial charge in [-0.25, -0.2) is 4.98 Å². The zero-order chi connectivity index (χ0) is 14.8. The van der Waals surface area contributed by atoms with Gasteiger partial charge in [0.05, 0.1) is 16.0 Å². The first-order valence-electron chi connectivity index (χ1n) is 6.55. The van der Waals surface area contributed by atoms with E-state index in [0.29, 0.717) is 17.0 Å². The second kappa shape index (κ2) is 5.53. The molecule has 0 aliphatic rings. The van der Waals surface area contributed by atoms with Crippen LogP contribution in [0.15, 0.2) is 35.7 Å². The van der Waals surface area contributed by atoms with Crippen molar-refractivity contribution in [3.05, 3.63) is 50.7 Å². The van der Waals surface area contributed by atoms with Crippen molar-refractivity contribution in [1.82, 2.24) is 9.97 Å². The second-order valence-corrected chi connectivity index (χ2v) is 5.91. The summed E-state index contributed by atoms with van der Waals surface area (Å²) in [6.45, 7) is 2.08. The summed E-state index contributed by atoms with van der Waals surface area (Å²) >= 11 is 1.73. The Kier molecular flexibility index (Phi) is 3.57. The minimum atomic E-state index is -0.410. The van der Waals surface area contributed by atoms with E-state index in [0.717, 1.165) is 6.42 Å². The highest BCUT2D eigenvalue weighted by molar-refractivity contribution is 7.09. The van der Waals surface area contributed by atoms with E-state index >= 15 is 0 Å². The zero-order valence-electron chi connectivity index (χ0n) is 11.4. The summed E-state index contributed by atoms with van der Waals surface area (Å²) in [7, 11) is 0. The Labute approximate surface area is 125 Å². The van der Waals surface area contributed by atoms with Crippen molar-refractivity contribution < 1.29 is 4.92 Å². The third-order valence-corrected chi connectivity index (χ3v) is 4.05. The van der Waals surface area contributed by atoms with Crippen LogP contribution in [0.2, 0.25) is 0 Å². The van der Waals surface area contributed by atoms with Gasteiger partial charge >= 0.3 is 0 Å². The Morgan fingerprint density at radius 3 is 3.05 bits per heavy atom. The van der Waals surface area contributed by atoms with Gasteiger partial charge in [-0.1, -0.05) is 6.07 Å². The van der Waals surface area contributed by atoms with Crippen LogP contribution >= 0.6 is 11.3 Å². The van der Waals surface area contributed by atoms with Crippen LogP contribution < -0.4 is 5.32 Å². The number of thiophene rings is 1. The lowest BCUT2D eigenvalue weighted by Gasteiger charge is -2.11. The number of rotatable bonds is 5. The SMILES string of the molecule is CC(Cc1cccs1)Nc1nc2ccc([N+](=O)[O-])cc2[nH]1. The van der Waals surface area contributed by atoms with Crippen LogP contribution in [0, 0.1) is 10.1 Å². The number of nitrogens with zero attached hydrogens (tertiary/aromatic N) is 2. The van der Waals surface area contributed by atoms with Crippen molar-refractivity contribution in [2.45, 2.75) is 19.4 Å². The molecule has 1 unspecified atom stereocenters. The van der Waals surface area contributed by atoms with E-state index in [2.05, 4.69) is 33.7 Å². The molecule has 0 saturated carbocycles. The largest absolute Gasteiger partial charge is 0.353 e. The number of imidazole rings is 1. The van der Waals surface area contributed by atoms with E-state index in [9.17, 15) is 10.1 Å². The number of hydrogen-bond acceptors (Lipinski definition) is 5. The van der Waals surface area contributed by atoms with Gasteiger partial charge in [-0.3, -0.25) is 10.1 Å². The van der Waals surface area contributed by atoms with E-state index in [1.54, 1.807) is 17.4 Å². The molecule has 2 aromatic heterocycles. The molecular formula is C14H14N4O2S. The topological polar surface area (TPSA) is 83.8 Å². The van der Waals surface area contributed by atoms with Crippen molar-refractivity contribution in [1.29, 1.82) is 0 Å². The van der Waals surface area contributed by atoms with Gasteiger partial charge < -0.3 is 10.3 Å². The molecule has 0 radical (unpaired) electrons. The fourth-order valence-electron chi connectivity index (χ4n) is 2.19. The molecule has 0 aliphatic carbocycles. The monoisotopic (exact) mass is 302 g/mol. The van der Waals surface area contributed by atoms with Crippen molar-refractivity contribution in [2.75, 3.05) is 5.32 Å². The second-order valence-electron chi connectivity index (χ2n) is 4.87. The first-order chi connectivity index (χ1) is 10.1. The molecule has 0 bridgehead atoms. The zero-order valence-corrected chi connectivity index (χ0v) is 12.2. The van der Waals surface area contributed by atoms with Crippen LogP contribution in [0.3, 0.4) is 0 Å². The Morgan fingerprint density at radius 2 is 2.33 bits per heavy atom. The summed E-state index contributed by atoms with van der Waals surface area (Å²) < 4.78 is 0. The number of fused-ring (bicyclic) bond motifs is 1. The minimum Gasteiger partial charge on any atom is -0.353 e.